The first-order valence-electron chi connectivity index (χ1n) is 8.55. The zero-order valence-corrected chi connectivity index (χ0v) is 15.5. The zero-order valence-electron chi connectivity index (χ0n) is 14.7. The van der Waals surface area contributed by atoms with Gasteiger partial charge in [0.25, 0.3) is 5.22 Å². The van der Waals surface area contributed by atoms with Crippen LogP contribution in [0.4, 0.5) is 5.69 Å². The second-order valence-electron chi connectivity index (χ2n) is 6.47. The fourth-order valence-electron chi connectivity index (χ4n) is 3.22. The summed E-state index contributed by atoms with van der Waals surface area (Å²) in [6, 6.07) is 16.1. The Morgan fingerprint density at radius 1 is 1.19 bits per heavy atom. The molecule has 3 aromatic rings. The zero-order chi connectivity index (χ0) is 18.1. The van der Waals surface area contributed by atoms with Gasteiger partial charge in [0.05, 0.1) is 5.75 Å². The summed E-state index contributed by atoms with van der Waals surface area (Å²) in [5.74, 6) is 0.802. The average Bonchev–Trinajstić information content (AvgIpc) is 3.24. The van der Waals surface area contributed by atoms with Crippen LogP contribution in [0, 0.1) is 6.92 Å². The van der Waals surface area contributed by atoms with E-state index in [4.69, 9.17) is 4.42 Å². The molecule has 6 heteroatoms. The molecule has 1 aliphatic heterocycles. The molecule has 0 fully saturated rings. The first-order valence-corrected chi connectivity index (χ1v) is 9.53. The van der Waals surface area contributed by atoms with Crippen LogP contribution in [0.15, 0.2) is 58.2 Å². The topological polar surface area (TPSA) is 59.2 Å². The highest BCUT2D eigenvalue weighted by atomic mass is 32.2. The number of aryl methyl sites for hydroxylation is 1. The summed E-state index contributed by atoms with van der Waals surface area (Å²) in [6.45, 7) is 4.10. The van der Waals surface area contributed by atoms with Gasteiger partial charge in [-0.05, 0) is 44.0 Å². The van der Waals surface area contributed by atoms with Gasteiger partial charge in [0.2, 0.25) is 11.8 Å². The van der Waals surface area contributed by atoms with Crippen LogP contribution in [0.5, 0.6) is 0 Å². The number of rotatable bonds is 4. The monoisotopic (exact) mass is 365 g/mol. The van der Waals surface area contributed by atoms with E-state index in [0.29, 0.717) is 11.1 Å². The molecule has 0 saturated carbocycles. The second-order valence-corrected chi connectivity index (χ2v) is 7.40. The van der Waals surface area contributed by atoms with E-state index in [1.807, 2.05) is 54.3 Å². The molecular formula is C20H19N3O2S. The summed E-state index contributed by atoms with van der Waals surface area (Å²) in [5, 5.41) is 8.54. The van der Waals surface area contributed by atoms with Crippen molar-refractivity contribution in [2.24, 2.45) is 0 Å². The SMILES string of the molecule is Cc1ccc(-c2nnc(SCC(=O)N3c4ccccc4C[C@H]3C)o2)cc1. The van der Waals surface area contributed by atoms with Crippen molar-refractivity contribution in [3.63, 3.8) is 0 Å². The number of hydrogen-bond acceptors (Lipinski definition) is 5. The summed E-state index contributed by atoms with van der Waals surface area (Å²) < 4.78 is 5.69. The smallest absolute Gasteiger partial charge is 0.277 e. The number of aromatic nitrogens is 2. The van der Waals surface area contributed by atoms with Gasteiger partial charge in [-0.25, -0.2) is 0 Å². The van der Waals surface area contributed by atoms with Gasteiger partial charge < -0.3 is 9.32 Å². The van der Waals surface area contributed by atoms with E-state index in [9.17, 15) is 4.79 Å². The summed E-state index contributed by atoms with van der Waals surface area (Å²) >= 11 is 1.28. The van der Waals surface area contributed by atoms with Gasteiger partial charge >= 0.3 is 0 Å². The highest BCUT2D eigenvalue weighted by molar-refractivity contribution is 7.99. The molecule has 5 nitrogen and oxygen atoms in total. The Bertz CT molecular complexity index is 936. The Hall–Kier alpha value is -2.60. The predicted octanol–water partition coefficient (Wildman–Crippen LogP) is 4.11. The van der Waals surface area contributed by atoms with Gasteiger partial charge in [-0.15, -0.1) is 10.2 Å². The first kappa shape index (κ1) is 16.8. The molecular weight excluding hydrogens is 346 g/mol. The normalized spacial score (nSPS) is 15.9. The van der Waals surface area contributed by atoms with Crippen LogP contribution in [-0.4, -0.2) is 27.9 Å². The number of hydrogen-bond donors (Lipinski definition) is 0. The largest absolute Gasteiger partial charge is 0.411 e. The van der Waals surface area contributed by atoms with Crippen LogP contribution in [0.3, 0.4) is 0 Å². The number of anilines is 1. The molecule has 0 saturated heterocycles. The van der Waals surface area contributed by atoms with Gasteiger partial charge in [-0.1, -0.05) is 47.7 Å². The van der Waals surface area contributed by atoms with Crippen LogP contribution in [0.25, 0.3) is 11.5 Å². The van der Waals surface area contributed by atoms with E-state index in [1.54, 1.807) is 0 Å². The molecule has 0 bridgehead atoms. The maximum Gasteiger partial charge on any atom is 0.277 e. The Balaban J connectivity index is 1.43. The molecule has 1 atom stereocenters. The van der Waals surface area contributed by atoms with Crippen LogP contribution in [0.1, 0.15) is 18.1 Å². The number of benzene rings is 2. The molecule has 26 heavy (non-hydrogen) atoms. The third-order valence-corrected chi connectivity index (χ3v) is 5.30. The molecule has 1 aromatic heterocycles. The van der Waals surface area contributed by atoms with E-state index in [2.05, 4.69) is 23.2 Å². The van der Waals surface area contributed by atoms with Crippen molar-refractivity contribution in [3.05, 3.63) is 59.7 Å². The first-order chi connectivity index (χ1) is 12.6. The van der Waals surface area contributed by atoms with E-state index >= 15 is 0 Å². The number of para-hydroxylation sites is 1. The van der Waals surface area contributed by atoms with Gasteiger partial charge in [0.15, 0.2) is 0 Å². The van der Waals surface area contributed by atoms with Gasteiger partial charge in [0.1, 0.15) is 0 Å². The van der Waals surface area contributed by atoms with Crippen LogP contribution >= 0.6 is 11.8 Å². The average molecular weight is 365 g/mol. The minimum absolute atomic E-state index is 0.0579. The maximum absolute atomic E-state index is 12.7. The van der Waals surface area contributed by atoms with Crippen LogP contribution in [-0.2, 0) is 11.2 Å². The molecule has 0 N–H and O–H groups in total. The van der Waals surface area contributed by atoms with Crippen molar-refractivity contribution in [3.8, 4) is 11.5 Å². The second kappa shape index (κ2) is 6.96. The molecule has 4 rings (SSSR count). The Labute approximate surface area is 156 Å². The lowest BCUT2D eigenvalue weighted by molar-refractivity contribution is -0.116. The Morgan fingerprint density at radius 3 is 2.77 bits per heavy atom. The lowest BCUT2D eigenvalue weighted by atomic mass is 10.1. The van der Waals surface area contributed by atoms with Crippen molar-refractivity contribution in [2.75, 3.05) is 10.7 Å². The minimum atomic E-state index is 0.0579. The molecule has 1 amide bonds. The fourth-order valence-corrected chi connectivity index (χ4v) is 3.84. The van der Waals surface area contributed by atoms with E-state index < -0.39 is 0 Å². The summed E-state index contributed by atoms with van der Waals surface area (Å²) in [6.07, 6.45) is 0.894. The number of fused-ring (bicyclic) bond motifs is 1. The van der Waals surface area contributed by atoms with Gasteiger partial charge in [-0.3, -0.25) is 4.79 Å². The standard InChI is InChI=1S/C20H19N3O2S/c1-13-7-9-15(10-8-13)19-21-22-20(25-19)26-12-18(24)23-14(2)11-16-5-3-4-6-17(16)23/h3-10,14H,11-12H2,1-2H3/t14-/m1/s1. The third-order valence-electron chi connectivity index (χ3n) is 4.50. The minimum Gasteiger partial charge on any atom is -0.411 e. The molecule has 2 aromatic carbocycles. The van der Waals surface area contributed by atoms with E-state index in [-0.39, 0.29) is 17.7 Å². The van der Waals surface area contributed by atoms with Crippen molar-refractivity contribution in [1.29, 1.82) is 0 Å². The lowest BCUT2D eigenvalue weighted by Gasteiger charge is -2.22. The summed E-state index contributed by atoms with van der Waals surface area (Å²) in [5.41, 5.74) is 4.28. The molecule has 0 aliphatic carbocycles. The van der Waals surface area contributed by atoms with E-state index in [1.165, 1.54) is 22.9 Å². The number of carbonyl (C=O) groups excluding carboxylic acids is 1. The Morgan fingerprint density at radius 2 is 1.96 bits per heavy atom. The highest BCUT2D eigenvalue weighted by Crippen LogP contribution is 2.33. The van der Waals surface area contributed by atoms with Crippen molar-refractivity contribution < 1.29 is 9.21 Å². The predicted molar refractivity (Wildman–Crippen MR) is 102 cm³/mol. The fraction of sp³-hybridized carbons (Fsp3) is 0.250. The van der Waals surface area contributed by atoms with Crippen molar-refractivity contribution >= 4 is 23.4 Å². The summed E-state index contributed by atoms with van der Waals surface area (Å²) in [4.78, 5) is 14.6. The molecule has 1 aliphatic rings. The quantitative estimate of drug-likeness (QED) is 0.651. The maximum atomic E-state index is 12.7. The van der Waals surface area contributed by atoms with Crippen molar-refractivity contribution in [1.82, 2.24) is 10.2 Å². The molecule has 2 heterocycles. The van der Waals surface area contributed by atoms with Crippen LogP contribution < -0.4 is 4.90 Å². The van der Waals surface area contributed by atoms with Gasteiger partial charge in [0, 0.05) is 17.3 Å². The Kier molecular flexibility index (Phi) is 4.51. The van der Waals surface area contributed by atoms with Gasteiger partial charge in [-0.2, -0.15) is 0 Å². The highest BCUT2D eigenvalue weighted by Gasteiger charge is 2.30. The third kappa shape index (κ3) is 3.24. The molecule has 132 valence electrons. The lowest BCUT2D eigenvalue weighted by Crippen LogP contribution is -2.36. The molecule has 0 spiro atoms. The molecule has 0 radical (unpaired) electrons. The number of carbonyl (C=O) groups is 1. The van der Waals surface area contributed by atoms with Crippen LogP contribution in [0.2, 0.25) is 0 Å². The molecule has 0 unspecified atom stereocenters. The van der Waals surface area contributed by atoms with E-state index in [0.717, 1.165) is 17.7 Å². The number of nitrogens with zero attached hydrogens (tertiary/aromatic N) is 3. The number of thioether (sulfide) groups is 1. The van der Waals surface area contributed by atoms with Crippen molar-refractivity contribution in [2.45, 2.75) is 31.5 Å². The summed E-state index contributed by atoms with van der Waals surface area (Å²) in [7, 11) is 0. The number of amides is 1.